The van der Waals surface area contributed by atoms with Crippen molar-refractivity contribution in [2.24, 2.45) is 0 Å². The molecule has 0 fully saturated rings. The maximum absolute atomic E-state index is 13.0. The molecular formula is C26H33N5O6. The second-order valence-electron chi connectivity index (χ2n) is 7.96. The summed E-state index contributed by atoms with van der Waals surface area (Å²) < 4.78 is 7.77. The first-order valence-corrected chi connectivity index (χ1v) is 11.9. The zero-order valence-electron chi connectivity index (χ0n) is 21.7. The number of benzene rings is 1. The minimum atomic E-state index is -0.575. The fourth-order valence-electron chi connectivity index (χ4n) is 3.35. The number of rotatable bonds is 9. The van der Waals surface area contributed by atoms with Gasteiger partial charge >= 0.3 is 11.4 Å². The van der Waals surface area contributed by atoms with E-state index in [1.807, 2.05) is 13.8 Å². The molecule has 2 N–H and O–H groups in total. The van der Waals surface area contributed by atoms with Crippen molar-refractivity contribution < 1.29 is 9.53 Å². The SMILES string of the molecule is CC.COc1ccc(/C=C/C(=O)N(CCn2cc(C)c(=O)[nH]c2=O)CCn2cc(C)c(=O)[nH]c2=O)cc1. The number of nitrogens with one attached hydrogen (secondary N) is 2. The van der Waals surface area contributed by atoms with Crippen LogP contribution in [-0.2, 0) is 17.9 Å². The highest BCUT2D eigenvalue weighted by molar-refractivity contribution is 5.91. The van der Waals surface area contributed by atoms with Gasteiger partial charge in [0.2, 0.25) is 5.91 Å². The van der Waals surface area contributed by atoms with E-state index in [9.17, 15) is 24.0 Å². The molecule has 1 amide bonds. The van der Waals surface area contributed by atoms with Crippen LogP contribution in [0.1, 0.15) is 30.5 Å². The van der Waals surface area contributed by atoms with Gasteiger partial charge in [0, 0.05) is 55.8 Å². The number of nitrogens with zero attached hydrogens (tertiary/aromatic N) is 3. The molecule has 0 unspecified atom stereocenters. The number of hydrogen-bond donors (Lipinski definition) is 2. The van der Waals surface area contributed by atoms with Crippen molar-refractivity contribution in [2.75, 3.05) is 20.2 Å². The van der Waals surface area contributed by atoms with E-state index >= 15 is 0 Å². The Morgan fingerprint density at radius 3 is 1.76 bits per heavy atom. The van der Waals surface area contributed by atoms with E-state index in [1.54, 1.807) is 51.3 Å². The molecule has 0 aliphatic heterocycles. The summed E-state index contributed by atoms with van der Waals surface area (Å²) in [6, 6.07) is 7.16. The van der Waals surface area contributed by atoms with Crippen LogP contribution in [-0.4, -0.2) is 50.1 Å². The lowest BCUT2D eigenvalue weighted by atomic mass is 10.2. The van der Waals surface area contributed by atoms with Crippen molar-refractivity contribution in [2.45, 2.75) is 40.8 Å². The Labute approximate surface area is 213 Å². The van der Waals surface area contributed by atoms with Crippen molar-refractivity contribution in [1.82, 2.24) is 24.0 Å². The van der Waals surface area contributed by atoms with Crippen LogP contribution in [0.5, 0.6) is 5.75 Å². The summed E-state index contributed by atoms with van der Waals surface area (Å²) in [5.74, 6) is 0.364. The second kappa shape index (κ2) is 13.6. The summed E-state index contributed by atoms with van der Waals surface area (Å²) in [5, 5.41) is 0. The molecule has 198 valence electrons. The van der Waals surface area contributed by atoms with Gasteiger partial charge < -0.3 is 9.64 Å². The Hall–Kier alpha value is -4.41. The average molecular weight is 512 g/mol. The average Bonchev–Trinajstić information content (AvgIpc) is 2.89. The number of aromatic nitrogens is 4. The minimum Gasteiger partial charge on any atom is -0.497 e. The van der Waals surface area contributed by atoms with Crippen LogP contribution in [0.4, 0.5) is 0 Å². The molecular weight excluding hydrogens is 478 g/mol. The number of methoxy groups -OCH3 is 1. The van der Waals surface area contributed by atoms with Crippen molar-refractivity contribution in [1.29, 1.82) is 0 Å². The maximum Gasteiger partial charge on any atom is 0.328 e. The Kier molecular flexibility index (Phi) is 10.6. The molecule has 0 bridgehead atoms. The van der Waals surface area contributed by atoms with Crippen molar-refractivity contribution in [3.05, 3.63) is 101 Å². The molecule has 3 aromatic rings. The lowest BCUT2D eigenvalue weighted by molar-refractivity contribution is -0.126. The Morgan fingerprint density at radius 2 is 1.32 bits per heavy atom. The van der Waals surface area contributed by atoms with Gasteiger partial charge in [-0.1, -0.05) is 26.0 Å². The fraction of sp³-hybridized carbons (Fsp3) is 0.346. The van der Waals surface area contributed by atoms with Crippen LogP contribution in [0.15, 0.2) is 61.9 Å². The molecule has 0 aliphatic carbocycles. The zero-order valence-corrected chi connectivity index (χ0v) is 21.7. The summed E-state index contributed by atoms with van der Waals surface area (Å²) in [7, 11) is 1.57. The van der Waals surface area contributed by atoms with Gasteiger partial charge in [-0.3, -0.25) is 33.5 Å². The number of carbonyl (C=O) groups is 1. The van der Waals surface area contributed by atoms with Gasteiger partial charge in [-0.25, -0.2) is 9.59 Å². The van der Waals surface area contributed by atoms with Gasteiger partial charge in [0.1, 0.15) is 5.75 Å². The molecule has 2 heterocycles. The monoisotopic (exact) mass is 511 g/mol. The third-order valence-electron chi connectivity index (χ3n) is 5.45. The smallest absolute Gasteiger partial charge is 0.328 e. The van der Waals surface area contributed by atoms with Crippen LogP contribution >= 0.6 is 0 Å². The molecule has 3 rings (SSSR count). The summed E-state index contributed by atoms with van der Waals surface area (Å²) in [6.45, 7) is 7.74. The largest absolute Gasteiger partial charge is 0.497 e. The molecule has 0 atom stereocenters. The summed E-state index contributed by atoms with van der Waals surface area (Å²) in [4.78, 5) is 66.5. The molecule has 11 nitrogen and oxygen atoms in total. The van der Waals surface area contributed by atoms with Crippen molar-refractivity contribution in [3.8, 4) is 5.75 Å². The Morgan fingerprint density at radius 1 is 0.865 bits per heavy atom. The standard InChI is InChI=1S/C24H27N5O6.C2H6/c1-16-14-28(23(33)25-21(16)31)12-10-27(11-13-29-15-17(2)22(32)26-24(29)34)20(30)9-6-18-4-7-19(35-3)8-5-18;1-2/h4-9,14-15H,10-13H2,1-3H3,(H,25,31,33)(H,26,32,34);1-2H3/b9-6+;. The first kappa shape index (κ1) is 28.8. The Bertz CT molecular complexity index is 1380. The van der Waals surface area contributed by atoms with Crippen LogP contribution in [0.25, 0.3) is 6.08 Å². The quantitative estimate of drug-likeness (QED) is 0.415. The molecule has 0 aliphatic rings. The lowest BCUT2D eigenvalue weighted by Crippen LogP contribution is -2.40. The topological polar surface area (TPSA) is 139 Å². The zero-order chi connectivity index (χ0) is 27.5. The van der Waals surface area contributed by atoms with Crippen LogP contribution in [0.2, 0.25) is 0 Å². The summed E-state index contributed by atoms with van der Waals surface area (Å²) >= 11 is 0. The van der Waals surface area contributed by atoms with E-state index < -0.39 is 22.5 Å². The normalized spacial score (nSPS) is 10.6. The number of H-pyrrole nitrogens is 2. The molecule has 0 saturated heterocycles. The van der Waals surface area contributed by atoms with E-state index in [-0.39, 0.29) is 32.1 Å². The van der Waals surface area contributed by atoms with Gasteiger partial charge in [-0.15, -0.1) is 0 Å². The van der Waals surface area contributed by atoms with E-state index in [2.05, 4.69) is 9.97 Å². The van der Waals surface area contributed by atoms with E-state index in [0.29, 0.717) is 16.9 Å². The second-order valence-corrected chi connectivity index (χ2v) is 7.96. The fourth-order valence-corrected chi connectivity index (χ4v) is 3.35. The predicted octanol–water partition coefficient (Wildman–Crippen LogP) is 1.28. The van der Waals surface area contributed by atoms with Gasteiger partial charge in [0.05, 0.1) is 7.11 Å². The first-order valence-electron chi connectivity index (χ1n) is 11.9. The highest BCUT2D eigenvalue weighted by atomic mass is 16.5. The molecule has 1 aromatic carbocycles. The number of aryl methyl sites for hydroxylation is 2. The van der Waals surface area contributed by atoms with Gasteiger partial charge in [-0.05, 0) is 37.6 Å². The predicted molar refractivity (Wildman–Crippen MR) is 142 cm³/mol. The number of carbonyl (C=O) groups excluding carboxylic acids is 1. The molecule has 37 heavy (non-hydrogen) atoms. The molecule has 0 saturated carbocycles. The van der Waals surface area contributed by atoms with E-state index in [0.717, 1.165) is 5.56 Å². The van der Waals surface area contributed by atoms with Crippen LogP contribution < -0.4 is 27.2 Å². The molecule has 11 heteroatoms. The van der Waals surface area contributed by atoms with E-state index in [4.69, 9.17) is 4.74 Å². The highest BCUT2D eigenvalue weighted by Gasteiger charge is 2.13. The van der Waals surface area contributed by atoms with Crippen molar-refractivity contribution in [3.63, 3.8) is 0 Å². The van der Waals surface area contributed by atoms with E-state index in [1.165, 1.54) is 32.5 Å². The van der Waals surface area contributed by atoms with Crippen LogP contribution in [0, 0.1) is 13.8 Å². The number of ether oxygens (including phenoxy) is 1. The third kappa shape index (κ3) is 8.06. The maximum atomic E-state index is 13.0. The molecule has 2 aromatic heterocycles. The summed E-state index contributed by atoms with van der Waals surface area (Å²) in [6.07, 6.45) is 5.94. The minimum absolute atomic E-state index is 0.137. The third-order valence-corrected chi connectivity index (χ3v) is 5.45. The Balaban J connectivity index is 0.00000235. The number of amides is 1. The van der Waals surface area contributed by atoms with Crippen LogP contribution in [0.3, 0.4) is 0 Å². The van der Waals surface area contributed by atoms with Gasteiger partial charge in [-0.2, -0.15) is 0 Å². The first-order chi connectivity index (χ1) is 17.7. The van der Waals surface area contributed by atoms with Crippen molar-refractivity contribution >= 4 is 12.0 Å². The number of hydrogen-bond acceptors (Lipinski definition) is 6. The lowest BCUT2D eigenvalue weighted by Gasteiger charge is -2.22. The summed E-state index contributed by atoms with van der Waals surface area (Å²) in [5.41, 5.74) is -0.541. The van der Waals surface area contributed by atoms with Gasteiger partial charge in [0.15, 0.2) is 0 Å². The molecule has 0 radical (unpaired) electrons. The number of aromatic amines is 2. The van der Waals surface area contributed by atoms with Gasteiger partial charge in [0.25, 0.3) is 11.1 Å². The highest BCUT2D eigenvalue weighted by Crippen LogP contribution is 2.12. The molecule has 0 spiro atoms.